The Morgan fingerprint density at radius 3 is 2.48 bits per heavy atom. The van der Waals surface area contributed by atoms with Gasteiger partial charge >= 0.3 is 0 Å². The van der Waals surface area contributed by atoms with Gasteiger partial charge in [0.2, 0.25) is 0 Å². The Bertz CT molecular complexity index is 1210. The molecule has 0 bridgehead atoms. The number of benzene rings is 2. The average molecular weight is 382 g/mol. The fourth-order valence-electron chi connectivity index (χ4n) is 3.01. The summed E-state index contributed by atoms with van der Waals surface area (Å²) in [6.45, 7) is 1.95. The number of para-hydroxylation sites is 1. The topological polar surface area (TPSA) is 84.0 Å². The molecule has 0 fully saturated rings. The largest absolute Gasteiger partial charge is 0.322 e. The number of hydrogen-bond donors (Lipinski definition) is 2. The first-order valence-corrected chi connectivity index (χ1v) is 9.09. The average Bonchev–Trinajstić information content (AvgIpc) is 2.74. The van der Waals surface area contributed by atoms with E-state index in [9.17, 15) is 9.59 Å². The fraction of sp³-hybridized carbons (Fsp3) is 0.0435. The Hall–Kier alpha value is -4.06. The van der Waals surface area contributed by atoms with Crippen LogP contribution in [0.4, 0.5) is 11.4 Å². The Balaban J connectivity index is 1.55. The lowest BCUT2D eigenvalue weighted by molar-refractivity contribution is 0.102. The smallest absolute Gasteiger partial charge is 0.274 e. The summed E-state index contributed by atoms with van der Waals surface area (Å²) in [5.74, 6) is -0.716. The van der Waals surface area contributed by atoms with Crippen LogP contribution in [0, 0.1) is 6.92 Å². The molecule has 0 saturated heterocycles. The third-order valence-electron chi connectivity index (χ3n) is 4.41. The summed E-state index contributed by atoms with van der Waals surface area (Å²) in [7, 11) is 0. The van der Waals surface area contributed by atoms with Gasteiger partial charge in [-0.1, -0.05) is 30.3 Å². The van der Waals surface area contributed by atoms with Gasteiger partial charge < -0.3 is 10.6 Å². The zero-order valence-electron chi connectivity index (χ0n) is 15.7. The first kappa shape index (κ1) is 18.3. The van der Waals surface area contributed by atoms with Crippen LogP contribution in [0.5, 0.6) is 0 Å². The third kappa shape index (κ3) is 4.11. The minimum atomic E-state index is -0.409. The van der Waals surface area contributed by atoms with Crippen LogP contribution in [0.1, 0.15) is 26.4 Å². The van der Waals surface area contributed by atoms with Crippen LogP contribution in [0.15, 0.2) is 79.1 Å². The maximum absolute atomic E-state index is 12.7. The molecule has 2 aromatic heterocycles. The van der Waals surface area contributed by atoms with Gasteiger partial charge in [0.25, 0.3) is 11.8 Å². The van der Waals surface area contributed by atoms with Crippen LogP contribution >= 0.6 is 0 Å². The molecular formula is C23H18N4O2. The number of hydrogen-bond acceptors (Lipinski definition) is 4. The standard InChI is InChI=1S/C23H18N4O2/c1-15-5-2-8-18(13-15)26-22(28)17-10-12-24-20(14-17)23(29)27-19-9-3-6-16-7-4-11-25-21(16)19/h2-14H,1H3,(H,26,28)(H,27,29). The van der Waals surface area contributed by atoms with Gasteiger partial charge in [-0.2, -0.15) is 0 Å². The maximum atomic E-state index is 12.7. The lowest BCUT2D eigenvalue weighted by Crippen LogP contribution is -2.17. The number of carbonyl (C=O) groups is 2. The zero-order valence-corrected chi connectivity index (χ0v) is 15.7. The Kier molecular flexibility index (Phi) is 4.99. The lowest BCUT2D eigenvalue weighted by Gasteiger charge is -2.09. The van der Waals surface area contributed by atoms with E-state index < -0.39 is 5.91 Å². The van der Waals surface area contributed by atoms with Gasteiger partial charge in [0.05, 0.1) is 11.2 Å². The molecule has 2 N–H and O–H groups in total. The van der Waals surface area contributed by atoms with Crippen molar-refractivity contribution in [3.63, 3.8) is 0 Å². The van der Waals surface area contributed by atoms with E-state index in [1.807, 2.05) is 55.5 Å². The van der Waals surface area contributed by atoms with Gasteiger partial charge in [0.1, 0.15) is 5.69 Å². The second kappa shape index (κ2) is 7.90. The van der Waals surface area contributed by atoms with Gasteiger partial charge in [0, 0.05) is 29.0 Å². The maximum Gasteiger partial charge on any atom is 0.274 e. The number of carbonyl (C=O) groups excluding carboxylic acids is 2. The van der Waals surface area contributed by atoms with Gasteiger partial charge in [-0.3, -0.25) is 19.6 Å². The van der Waals surface area contributed by atoms with Crippen molar-refractivity contribution in [3.8, 4) is 0 Å². The summed E-state index contributed by atoms with van der Waals surface area (Å²) in [6.07, 6.45) is 3.12. The number of amides is 2. The molecule has 6 heteroatoms. The minimum Gasteiger partial charge on any atom is -0.322 e. The molecule has 0 aliphatic carbocycles. The molecule has 0 aliphatic rings. The highest BCUT2D eigenvalue weighted by Gasteiger charge is 2.14. The van der Waals surface area contributed by atoms with Crippen molar-refractivity contribution in [2.75, 3.05) is 10.6 Å². The Morgan fingerprint density at radius 2 is 1.62 bits per heavy atom. The predicted octanol–water partition coefficient (Wildman–Crippen LogP) is 4.44. The van der Waals surface area contributed by atoms with Crippen LogP contribution < -0.4 is 10.6 Å². The van der Waals surface area contributed by atoms with E-state index in [0.717, 1.165) is 10.9 Å². The van der Waals surface area contributed by atoms with Gasteiger partial charge in [-0.05, 0) is 48.9 Å². The van der Waals surface area contributed by atoms with E-state index in [-0.39, 0.29) is 11.6 Å². The second-order valence-corrected chi connectivity index (χ2v) is 6.59. The molecule has 0 aliphatic heterocycles. The number of fused-ring (bicyclic) bond motifs is 1. The zero-order chi connectivity index (χ0) is 20.2. The van der Waals surface area contributed by atoms with Crippen LogP contribution in [0.3, 0.4) is 0 Å². The fourth-order valence-corrected chi connectivity index (χ4v) is 3.01. The van der Waals surface area contributed by atoms with Crippen molar-refractivity contribution in [3.05, 3.63) is 95.9 Å². The monoisotopic (exact) mass is 382 g/mol. The van der Waals surface area contributed by atoms with Crippen molar-refractivity contribution in [2.45, 2.75) is 6.92 Å². The van der Waals surface area contributed by atoms with Crippen LogP contribution in [-0.2, 0) is 0 Å². The van der Waals surface area contributed by atoms with Crippen molar-refractivity contribution in [2.24, 2.45) is 0 Å². The molecule has 0 radical (unpaired) electrons. The molecule has 6 nitrogen and oxygen atoms in total. The number of anilines is 2. The first-order chi connectivity index (χ1) is 14.1. The first-order valence-electron chi connectivity index (χ1n) is 9.09. The van der Waals surface area contributed by atoms with Crippen LogP contribution in [-0.4, -0.2) is 21.8 Å². The highest BCUT2D eigenvalue weighted by Crippen LogP contribution is 2.21. The minimum absolute atomic E-state index is 0.148. The summed E-state index contributed by atoms with van der Waals surface area (Å²) < 4.78 is 0. The number of rotatable bonds is 4. The molecule has 2 amide bonds. The molecule has 2 aromatic carbocycles. The molecule has 0 spiro atoms. The van der Waals surface area contributed by atoms with Crippen molar-refractivity contribution < 1.29 is 9.59 Å². The van der Waals surface area contributed by atoms with E-state index >= 15 is 0 Å². The second-order valence-electron chi connectivity index (χ2n) is 6.59. The number of aromatic nitrogens is 2. The van der Waals surface area contributed by atoms with Crippen LogP contribution in [0.2, 0.25) is 0 Å². The Morgan fingerprint density at radius 1 is 0.793 bits per heavy atom. The summed E-state index contributed by atoms with van der Waals surface area (Å²) in [5.41, 5.74) is 3.51. The molecule has 29 heavy (non-hydrogen) atoms. The van der Waals surface area contributed by atoms with E-state index in [1.165, 1.54) is 12.3 Å². The number of nitrogens with zero attached hydrogens (tertiary/aromatic N) is 2. The van der Waals surface area contributed by atoms with E-state index in [2.05, 4.69) is 20.6 Å². The predicted molar refractivity (Wildman–Crippen MR) is 113 cm³/mol. The molecule has 4 aromatic rings. The highest BCUT2D eigenvalue weighted by molar-refractivity contribution is 6.09. The molecular weight excluding hydrogens is 364 g/mol. The molecule has 0 unspecified atom stereocenters. The summed E-state index contributed by atoms with van der Waals surface area (Å²) in [4.78, 5) is 33.7. The number of pyridine rings is 2. The van der Waals surface area contributed by atoms with Gasteiger partial charge in [-0.15, -0.1) is 0 Å². The third-order valence-corrected chi connectivity index (χ3v) is 4.41. The van der Waals surface area contributed by atoms with Crippen LogP contribution in [0.25, 0.3) is 10.9 Å². The molecule has 0 saturated carbocycles. The normalized spacial score (nSPS) is 10.5. The van der Waals surface area contributed by atoms with E-state index in [0.29, 0.717) is 22.5 Å². The summed E-state index contributed by atoms with van der Waals surface area (Å²) in [5, 5.41) is 6.58. The summed E-state index contributed by atoms with van der Waals surface area (Å²) >= 11 is 0. The SMILES string of the molecule is Cc1cccc(NC(=O)c2ccnc(C(=O)Nc3cccc4cccnc34)c2)c1. The number of aryl methyl sites for hydroxylation is 1. The van der Waals surface area contributed by atoms with E-state index in [1.54, 1.807) is 18.3 Å². The molecule has 4 rings (SSSR count). The highest BCUT2D eigenvalue weighted by atomic mass is 16.2. The Labute approximate surface area is 167 Å². The van der Waals surface area contributed by atoms with Crippen molar-refractivity contribution >= 4 is 34.1 Å². The molecule has 142 valence electrons. The van der Waals surface area contributed by atoms with Crippen molar-refractivity contribution in [1.82, 2.24) is 9.97 Å². The molecule has 2 heterocycles. The quantitative estimate of drug-likeness (QED) is 0.546. The molecule has 0 atom stereocenters. The number of nitrogens with one attached hydrogen (secondary N) is 2. The van der Waals surface area contributed by atoms with Gasteiger partial charge in [0.15, 0.2) is 0 Å². The van der Waals surface area contributed by atoms with E-state index in [4.69, 9.17) is 0 Å². The lowest BCUT2D eigenvalue weighted by atomic mass is 10.1. The van der Waals surface area contributed by atoms with Crippen molar-refractivity contribution in [1.29, 1.82) is 0 Å². The summed E-state index contributed by atoms with van der Waals surface area (Å²) in [6, 6.07) is 19.9. The van der Waals surface area contributed by atoms with Gasteiger partial charge in [-0.25, -0.2) is 0 Å².